The van der Waals surface area contributed by atoms with E-state index in [1.165, 1.54) is 0 Å². The highest BCUT2D eigenvalue weighted by molar-refractivity contribution is 5.20. The molecular formula is C10H12F3NO. The number of halogens is 3. The predicted octanol–water partition coefficient (Wildman–Crippen LogP) is 2.35. The molecule has 0 aromatic heterocycles. The fourth-order valence-corrected chi connectivity index (χ4v) is 0.984. The zero-order valence-corrected chi connectivity index (χ0v) is 8.00. The lowest BCUT2D eigenvalue weighted by atomic mass is 10.2. The van der Waals surface area contributed by atoms with Gasteiger partial charge in [0.1, 0.15) is 11.8 Å². The van der Waals surface area contributed by atoms with Crippen LogP contribution in [0.5, 0.6) is 5.75 Å². The molecule has 5 heteroatoms. The second kappa shape index (κ2) is 5.02. The van der Waals surface area contributed by atoms with Crippen LogP contribution >= 0.6 is 0 Å². The van der Waals surface area contributed by atoms with Crippen LogP contribution in [0.25, 0.3) is 0 Å². The first-order chi connectivity index (χ1) is 7.00. The van der Waals surface area contributed by atoms with Crippen molar-refractivity contribution in [2.75, 3.05) is 6.61 Å². The van der Waals surface area contributed by atoms with E-state index in [4.69, 9.17) is 10.5 Å². The van der Waals surface area contributed by atoms with Crippen LogP contribution in [0.4, 0.5) is 13.2 Å². The van der Waals surface area contributed by atoms with Crippen molar-refractivity contribution in [3.05, 3.63) is 30.3 Å². The highest BCUT2D eigenvalue weighted by Gasteiger charge is 2.36. The summed E-state index contributed by atoms with van der Waals surface area (Å²) in [5.74, 6) is 0.548. The standard InChI is InChI=1S/C10H12F3NO/c11-10(12,13)9(14)6-7-15-8-4-2-1-3-5-8/h1-5,9H,6-7,14H2. The van der Waals surface area contributed by atoms with E-state index in [9.17, 15) is 13.2 Å². The number of hydrogen-bond acceptors (Lipinski definition) is 2. The zero-order chi connectivity index (χ0) is 11.3. The van der Waals surface area contributed by atoms with E-state index in [1.54, 1.807) is 30.3 Å². The summed E-state index contributed by atoms with van der Waals surface area (Å²) in [6.45, 7) is -0.0370. The lowest BCUT2D eigenvalue weighted by Gasteiger charge is -2.15. The minimum atomic E-state index is -4.35. The van der Waals surface area contributed by atoms with Crippen LogP contribution in [-0.2, 0) is 0 Å². The van der Waals surface area contributed by atoms with Gasteiger partial charge in [-0.3, -0.25) is 0 Å². The smallest absolute Gasteiger partial charge is 0.403 e. The molecule has 0 spiro atoms. The number of hydrogen-bond donors (Lipinski definition) is 1. The van der Waals surface area contributed by atoms with Crippen molar-refractivity contribution < 1.29 is 17.9 Å². The van der Waals surface area contributed by atoms with Crippen molar-refractivity contribution >= 4 is 0 Å². The van der Waals surface area contributed by atoms with E-state index in [1.807, 2.05) is 0 Å². The first-order valence-corrected chi connectivity index (χ1v) is 4.50. The van der Waals surface area contributed by atoms with E-state index >= 15 is 0 Å². The SMILES string of the molecule is NC(CCOc1ccccc1)C(F)(F)F. The largest absolute Gasteiger partial charge is 0.494 e. The maximum Gasteiger partial charge on any atom is 0.403 e. The summed E-state index contributed by atoms with van der Waals surface area (Å²) in [7, 11) is 0. The third-order valence-corrected chi connectivity index (χ3v) is 1.86. The van der Waals surface area contributed by atoms with Gasteiger partial charge in [-0.25, -0.2) is 0 Å². The van der Waals surface area contributed by atoms with Gasteiger partial charge in [0.05, 0.1) is 6.61 Å². The molecule has 0 bridgehead atoms. The first-order valence-electron chi connectivity index (χ1n) is 4.50. The Kier molecular flexibility index (Phi) is 3.96. The minimum Gasteiger partial charge on any atom is -0.494 e. The average Bonchev–Trinajstić information content (AvgIpc) is 2.18. The lowest BCUT2D eigenvalue weighted by Crippen LogP contribution is -2.38. The van der Waals surface area contributed by atoms with E-state index in [2.05, 4.69) is 0 Å². The summed E-state index contributed by atoms with van der Waals surface area (Å²) in [4.78, 5) is 0. The lowest BCUT2D eigenvalue weighted by molar-refractivity contribution is -0.150. The summed E-state index contributed by atoms with van der Waals surface area (Å²) in [5.41, 5.74) is 4.91. The van der Waals surface area contributed by atoms with Crippen LogP contribution in [0, 0.1) is 0 Å². The predicted molar refractivity (Wildman–Crippen MR) is 50.6 cm³/mol. The Morgan fingerprint density at radius 3 is 2.33 bits per heavy atom. The fourth-order valence-electron chi connectivity index (χ4n) is 0.984. The molecule has 1 atom stereocenters. The van der Waals surface area contributed by atoms with Crippen LogP contribution in [0.3, 0.4) is 0 Å². The summed E-state index contributed by atoms with van der Waals surface area (Å²) in [6.07, 6.45) is -4.58. The summed E-state index contributed by atoms with van der Waals surface area (Å²) >= 11 is 0. The van der Waals surface area contributed by atoms with Gasteiger partial charge < -0.3 is 10.5 Å². The molecule has 0 amide bonds. The molecule has 1 aromatic carbocycles. The summed E-state index contributed by atoms with van der Waals surface area (Å²) in [6, 6.07) is 6.84. The average molecular weight is 219 g/mol. The van der Waals surface area contributed by atoms with Gasteiger partial charge in [-0.2, -0.15) is 13.2 Å². The summed E-state index contributed by atoms with van der Waals surface area (Å²) in [5, 5.41) is 0. The van der Waals surface area contributed by atoms with Gasteiger partial charge in [0, 0.05) is 6.42 Å². The number of benzene rings is 1. The van der Waals surface area contributed by atoms with Crippen molar-refractivity contribution in [2.45, 2.75) is 18.6 Å². The molecular weight excluding hydrogens is 207 g/mol. The fraction of sp³-hybridized carbons (Fsp3) is 0.400. The van der Waals surface area contributed by atoms with Crippen molar-refractivity contribution in [1.29, 1.82) is 0 Å². The van der Waals surface area contributed by atoms with Gasteiger partial charge in [0.15, 0.2) is 0 Å². The zero-order valence-electron chi connectivity index (χ0n) is 8.00. The molecule has 0 aliphatic rings. The Balaban J connectivity index is 2.28. The summed E-state index contributed by atoms with van der Waals surface area (Å²) < 4.78 is 41.1. The van der Waals surface area contributed by atoms with E-state index < -0.39 is 12.2 Å². The highest BCUT2D eigenvalue weighted by Crippen LogP contribution is 2.20. The van der Waals surface area contributed by atoms with Crippen LogP contribution in [0.1, 0.15) is 6.42 Å². The molecule has 1 rings (SSSR count). The van der Waals surface area contributed by atoms with Gasteiger partial charge in [0.2, 0.25) is 0 Å². The molecule has 0 heterocycles. The molecule has 0 saturated carbocycles. The Hall–Kier alpha value is -1.23. The molecule has 2 N–H and O–H groups in total. The quantitative estimate of drug-likeness (QED) is 0.843. The molecule has 2 nitrogen and oxygen atoms in total. The number of nitrogens with two attached hydrogens (primary N) is 1. The molecule has 0 aliphatic carbocycles. The Bertz CT molecular complexity index is 286. The van der Waals surface area contributed by atoms with Crippen molar-refractivity contribution in [2.24, 2.45) is 5.73 Å². The number of ether oxygens (including phenoxy) is 1. The van der Waals surface area contributed by atoms with E-state index in [0.29, 0.717) is 5.75 Å². The number of rotatable bonds is 4. The third kappa shape index (κ3) is 4.20. The molecule has 0 saturated heterocycles. The maximum absolute atomic E-state index is 12.0. The number of alkyl halides is 3. The van der Waals surface area contributed by atoms with Crippen molar-refractivity contribution in [3.63, 3.8) is 0 Å². The molecule has 15 heavy (non-hydrogen) atoms. The molecule has 1 unspecified atom stereocenters. The van der Waals surface area contributed by atoms with Gasteiger partial charge in [-0.15, -0.1) is 0 Å². The normalized spacial score (nSPS) is 13.6. The van der Waals surface area contributed by atoms with Crippen LogP contribution < -0.4 is 10.5 Å². The van der Waals surface area contributed by atoms with E-state index in [-0.39, 0.29) is 13.0 Å². The first kappa shape index (κ1) is 11.8. The molecule has 0 radical (unpaired) electrons. The molecule has 84 valence electrons. The number of para-hydroxylation sites is 1. The van der Waals surface area contributed by atoms with E-state index in [0.717, 1.165) is 0 Å². The molecule has 0 fully saturated rings. The maximum atomic E-state index is 12.0. The highest BCUT2D eigenvalue weighted by atomic mass is 19.4. The topological polar surface area (TPSA) is 35.2 Å². The van der Waals surface area contributed by atoms with Gasteiger partial charge >= 0.3 is 6.18 Å². The van der Waals surface area contributed by atoms with Gasteiger partial charge in [-0.05, 0) is 12.1 Å². The molecule has 0 aliphatic heterocycles. The van der Waals surface area contributed by atoms with Gasteiger partial charge in [-0.1, -0.05) is 18.2 Å². The van der Waals surface area contributed by atoms with Crippen molar-refractivity contribution in [1.82, 2.24) is 0 Å². The third-order valence-electron chi connectivity index (χ3n) is 1.86. The van der Waals surface area contributed by atoms with Crippen LogP contribution in [-0.4, -0.2) is 18.8 Å². The monoisotopic (exact) mass is 219 g/mol. The Labute approximate surface area is 85.8 Å². The molecule has 1 aromatic rings. The second-order valence-electron chi connectivity index (χ2n) is 3.10. The van der Waals surface area contributed by atoms with Gasteiger partial charge in [0.25, 0.3) is 0 Å². The van der Waals surface area contributed by atoms with Crippen LogP contribution in [0.15, 0.2) is 30.3 Å². The van der Waals surface area contributed by atoms with Crippen molar-refractivity contribution in [3.8, 4) is 5.75 Å². The second-order valence-corrected chi connectivity index (χ2v) is 3.10. The van der Waals surface area contributed by atoms with Crippen LogP contribution in [0.2, 0.25) is 0 Å². The Morgan fingerprint density at radius 1 is 1.20 bits per heavy atom. The Morgan fingerprint density at radius 2 is 1.80 bits per heavy atom. The minimum absolute atomic E-state index is 0.0370.